The summed E-state index contributed by atoms with van der Waals surface area (Å²) in [7, 11) is -4.22. The van der Waals surface area contributed by atoms with Gasteiger partial charge in [-0.05, 0) is 73.1 Å². The van der Waals surface area contributed by atoms with Crippen molar-refractivity contribution < 1.29 is 27.5 Å². The monoisotopic (exact) mass is 407 g/mol. The zero-order chi connectivity index (χ0) is 21.0. The standard InChI is InChI=1S/C17H33N3O6S/c1-16(2,3)25-14(21)19-13-9-7-12(8-10-13)11-20(27(18,23)24)15(22)26-17(4,5)6/h12-13H,7-11H2,1-6H3,(H,19,21)(H2,18,23,24). The molecule has 0 bridgehead atoms. The van der Waals surface area contributed by atoms with Crippen LogP contribution in [0.1, 0.15) is 67.2 Å². The Balaban J connectivity index is 2.60. The maximum atomic E-state index is 12.2. The molecule has 0 atom stereocenters. The summed E-state index contributed by atoms with van der Waals surface area (Å²) in [5, 5.41) is 8.02. The Morgan fingerprint density at radius 3 is 1.89 bits per heavy atom. The van der Waals surface area contributed by atoms with Gasteiger partial charge in [0.1, 0.15) is 11.2 Å². The van der Waals surface area contributed by atoms with E-state index in [2.05, 4.69) is 5.32 Å². The van der Waals surface area contributed by atoms with E-state index in [1.54, 1.807) is 41.5 Å². The molecule has 9 nitrogen and oxygen atoms in total. The molecule has 0 aromatic carbocycles. The van der Waals surface area contributed by atoms with E-state index >= 15 is 0 Å². The van der Waals surface area contributed by atoms with Crippen molar-refractivity contribution in [3.63, 3.8) is 0 Å². The Kier molecular flexibility index (Phi) is 7.52. The number of nitrogens with zero attached hydrogens (tertiary/aromatic N) is 1. The minimum Gasteiger partial charge on any atom is -0.444 e. The highest BCUT2D eigenvalue weighted by Crippen LogP contribution is 2.26. The van der Waals surface area contributed by atoms with E-state index in [0.717, 1.165) is 0 Å². The summed E-state index contributed by atoms with van der Waals surface area (Å²) >= 11 is 0. The summed E-state index contributed by atoms with van der Waals surface area (Å²) in [4.78, 5) is 24.0. The van der Waals surface area contributed by atoms with Gasteiger partial charge in [0.2, 0.25) is 0 Å². The zero-order valence-corrected chi connectivity index (χ0v) is 17.9. The molecule has 0 aromatic heterocycles. The molecular weight excluding hydrogens is 374 g/mol. The lowest BCUT2D eigenvalue weighted by molar-refractivity contribution is 0.0362. The van der Waals surface area contributed by atoms with Crippen molar-refractivity contribution in [2.75, 3.05) is 6.54 Å². The van der Waals surface area contributed by atoms with Crippen LogP contribution >= 0.6 is 0 Å². The van der Waals surface area contributed by atoms with Crippen LogP contribution in [0, 0.1) is 5.92 Å². The van der Waals surface area contributed by atoms with Gasteiger partial charge < -0.3 is 14.8 Å². The lowest BCUT2D eigenvalue weighted by Crippen LogP contribution is -2.47. The molecule has 1 fully saturated rings. The Bertz CT molecular complexity index is 628. The molecule has 10 heteroatoms. The smallest absolute Gasteiger partial charge is 0.425 e. The lowest BCUT2D eigenvalue weighted by atomic mass is 9.86. The van der Waals surface area contributed by atoms with Crippen LogP contribution in [0.5, 0.6) is 0 Å². The third-order valence-electron chi connectivity index (χ3n) is 3.90. The number of alkyl carbamates (subject to hydrolysis) is 1. The van der Waals surface area contributed by atoms with Crippen molar-refractivity contribution in [1.29, 1.82) is 0 Å². The van der Waals surface area contributed by atoms with Crippen LogP contribution in [0.3, 0.4) is 0 Å². The van der Waals surface area contributed by atoms with E-state index in [1.807, 2.05) is 0 Å². The van der Waals surface area contributed by atoms with E-state index in [4.69, 9.17) is 14.6 Å². The highest BCUT2D eigenvalue weighted by molar-refractivity contribution is 7.87. The van der Waals surface area contributed by atoms with Gasteiger partial charge >= 0.3 is 22.4 Å². The average molecular weight is 408 g/mol. The number of nitrogens with one attached hydrogen (secondary N) is 1. The van der Waals surface area contributed by atoms with Crippen molar-refractivity contribution in [3.05, 3.63) is 0 Å². The van der Waals surface area contributed by atoms with Gasteiger partial charge in [-0.1, -0.05) is 0 Å². The first kappa shape index (κ1) is 23.5. The Morgan fingerprint density at radius 2 is 1.48 bits per heavy atom. The first-order chi connectivity index (χ1) is 12.1. The van der Waals surface area contributed by atoms with Crippen LogP contribution < -0.4 is 10.5 Å². The first-order valence-electron chi connectivity index (χ1n) is 9.10. The minimum absolute atomic E-state index is 0.0348. The summed E-state index contributed by atoms with van der Waals surface area (Å²) in [5.41, 5.74) is -1.39. The summed E-state index contributed by atoms with van der Waals surface area (Å²) in [6.45, 7) is 10.3. The fourth-order valence-corrected chi connectivity index (χ4v) is 3.46. The van der Waals surface area contributed by atoms with Crippen molar-refractivity contribution >= 4 is 22.4 Å². The third kappa shape index (κ3) is 9.28. The molecule has 0 radical (unpaired) electrons. The molecule has 0 saturated heterocycles. The number of nitrogens with two attached hydrogens (primary N) is 1. The molecule has 0 spiro atoms. The molecule has 0 aromatic rings. The van der Waals surface area contributed by atoms with Crippen LogP contribution in [0.2, 0.25) is 0 Å². The molecule has 0 heterocycles. The SMILES string of the molecule is CC(C)(C)OC(=O)NC1CCC(CN(C(=O)OC(C)(C)C)S(N)(=O)=O)CC1. The molecule has 1 saturated carbocycles. The van der Waals surface area contributed by atoms with Gasteiger partial charge in [-0.2, -0.15) is 12.7 Å². The molecule has 0 aliphatic heterocycles. The van der Waals surface area contributed by atoms with E-state index in [1.165, 1.54) is 0 Å². The predicted octanol–water partition coefficient (Wildman–Crippen LogP) is 2.51. The van der Waals surface area contributed by atoms with Crippen LogP contribution in [0.4, 0.5) is 9.59 Å². The second-order valence-electron chi connectivity index (χ2n) is 8.92. The molecule has 0 unspecified atom stereocenters. The zero-order valence-electron chi connectivity index (χ0n) is 17.1. The summed E-state index contributed by atoms with van der Waals surface area (Å²) in [6, 6.07) is -0.0411. The van der Waals surface area contributed by atoms with Gasteiger partial charge in [0.15, 0.2) is 0 Å². The molecular formula is C17H33N3O6S. The number of amides is 2. The average Bonchev–Trinajstić information content (AvgIpc) is 2.40. The second-order valence-corrected chi connectivity index (χ2v) is 10.4. The largest absolute Gasteiger partial charge is 0.444 e. The maximum Gasteiger partial charge on any atom is 0.425 e. The van der Waals surface area contributed by atoms with Crippen molar-refractivity contribution in [1.82, 2.24) is 9.62 Å². The number of carbonyl (C=O) groups is 2. The van der Waals surface area contributed by atoms with E-state index in [0.29, 0.717) is 30.0 Å². The van der Waals surface area contributed by atoms with Crippen molar-refractivity contribution in [3.8, 4) is 0 Å². The first-order valence-corrected chi connectivity index (χ1v) is 10.6. The molecule has 2 amide bonds. The fraction of sp³-hybridized carbons (Fsp3) is 0.882. The number of hydrogen-bond acceptors (Lipinski definition) is 6. The van der Waals surface area contributed by atoms with Crippen LogP contribution in [-0.2, 0) is 19.7 Å². The molecule has 3 N–H and O–H groups in total. The molecule has 1 rings (SSSR count). The summed E-state index contributed by atoms with van der Waals surface area (Å²) in [5.74, 6) is -0.0486. The maximum absolute atomic E-state index is 12.2. The number of ether oxygens (including phenoxy) is 2. The van der Waals surface area contributed by atoms with Gasteiger partial charge in [-0.25, -0.2) is 14.7 Å². The van der Waals surface area contributed by atoms with Gasteiger partial charge in [-0.3, -0.25) is 0 Å². The van der Waals surface area contributed by atoms with E-state index in [-0.39, 0.29) is 18.5 Å². The van der Waals surface area contributed by atoms with Crippen LogP contribution in [0.25, 0.3) is 0 Å². The van der Waals surface area contributed by atoms with Crippen molar-refractivity contribution in [2.45, 2.75) is 84.5 Å². The van der Waals surface area contributed by atoms with Gasteiger partial charge in [-0.15, -0.1) is 0 Å². The molecule has 27 heavy (non-hydrogen) atoms. The quantitative estimate of drug-likeness (QED) is 0.737. The van der Waals surface area contributed by atoms with Crippen LogP contribution in [0.15, 0.2) is 0 Å². The minimum atomic E-state index is -4.22. The van der Waals surface area contributed by atoms with Gasteiger partial charge in [0.05, 0.1) is 0 Å². The number of carbonyl (C=O) groups excluding carboxylic acids is 2. The molecule has 1 aliphatic carbocycles. The second kappa shape index (κ2) is 8.64. The molecule has 158 valence electrons. The van der Waals surface area contributed by atoms with Gasteiger partial charge in [0, 0.05) is 12.6 Å². The summed E-state index contributed by atoms with van der Waals surface area (Å²) in [6.07, 6.45) is 1.18. The third-order valence-corrected chi connectivity index (χ3v) is 4.81. The topological polar surface area (TPSA) is 128 Å². The summed E-state index contributed by atoms with van der Waals surface area (Å²) < 4.78 is 34.6. The van der Waals surface area contributed by atoms with Crippen molar-refractivity contribution in [2.24, 2.45) is 11.1 Å². The molecule has 1 aliphatic rings. The van der Waals surface area contributed by atoms with Gasteiger partial charge in [0.25, 0.3) is 0 Å². The lowest BCUT2D eigenvalue weighted by Gasteiger charge is -2.33. The van der Waals surface area contributed by atoms with E-state index in [9.17, 15) is 18.0 Å². The predicted molar refractivity (Wildman–Crippen MR) is 101 cm³/mol. The highest BCUT2D eigenvalue weighted by Gasteiger charge is 2.33. The van der Waals surface area contributed by atoms with Crippen LogP contribution in [-0.4, -0.2) is 48.7 Å². The van der Waals surface area contributed by atoms with E-state index < -0.39 is 33.6 Å². The normalized spacial score (nSPS) is 21.3. The Labute approximate surface area is 162 Å². The Morgan fingerprint density at radius 1 is 1.00 bits per heavy atom. The number of hydrogen-bond donors (Lipinski definition) is 2. The number of rotatable bonds is 4. The fourth-order valence-electron chi connectivity index (χ4n) is 2.79. The Hall–Kier alpha value is -1.55. The highest BCUT2D eigenvalue weighted by atomic mass is 32.2.